The van der Waals surface area contributed by atoms with Gasteiger partial charge in [-0.25, -0.2) is 0 Å². The zero-order valence-corrected chi connectivity index (χ0v) is 9.15. The molecule has 1 aliphatic rings. The van der Waals surface area contributed by atoms with Crippen molar-refractivity contribution in [2.24, 2.45) is 0 Å². The molecule has 1 heterocycles. The number of aromatic hydroxyl groups is 1. The van der Waals surface area contributed by atoms with Gasteiger partial charge in [0.05, 0.1) is 6.61 Å². The van der Waals surface area contributed by atoms with Gasteiger partial charge >= 0.3 is 0 Å². The van der Waals surface area contributed by atoms with Crippen LogP contribution in [0.2, 0.25) is 0 Å². The van der Waals surface area contributed by atoms with Gasteiger partial charge in [0.2, 0.25) is 0 Å². The van der Waals surface area contributed by atoms with Gasteiger partial charge in [-0.05, 0) is 36.6 Å². The van der Waals surface area contributed by atoms with Crippen LogP contribution in [0.5, 0.6) is 11.5 Å². The van der Waals surface area contributed by atoms with Crippen LogP contribution in [-0.2, 0) is 6.42 Å². The molecule has 0 radical (unpaired) electrons. The van der Waals surface area contributed by atoms with Crippen molar-refractivity contribution in [2.45, 2.75) is 24.9 Å². The first-order chi connectivity index (χ1) is 7.69. The molecule has 0 fully saturated rings. The van der Waals surface area contributed by atoms with E-state index in [4.69, 9.17) is 4.74 Å². The van der Waals surface area contributed by atoms with Gasteiger partial charge in [-0.3, -0.25) is 0 Å². The second-order valence-electron chi connectivity index (χ2n) is 4.23. The van der Waals surface area contributed by atoms with Crippen LogP contribution in [0.4, 0.5) is 0 Å². The molecule has 2 N–H and O–H groups in total. The van der Waals surface area contributed by atoms with Crippen molar-refractivity contribution < 1.29 is 14.9 Å². The van der Waals surface area contributed by atoms with E-state index in [1.165, 1.54) is 0 Å². The highest BCUT2D eigenvalue weighted by molar-refractivity contribution is 5.41. The molecular weight excluding hydrogens is 204 g/mol. The third-order valence-corrected chi connectivity index (χ3v) is 3.02. The minimum atomic E-state index is -0.536. The zero-order chi connectivity index (χ0) is 11.6. The van der Waals surface area contributed by atoms with E-state index in [0.717, 1.165) is 24.2 Å². The second-order valence-corrected chi connectivity index (χ2v) is 4.23. The summed E-state index contributed by atoms with van der Waals surface area (Å²) in [4.78, 5) is 0. The van der Waals surface area contributed by atoms with Crippen LogP contribution in [0.25, 0.3) is 0 Å². The van der Waals surface area contributed by atoms with Crippen LogP contribution >= 0.6 is 0 Å². The highest BCUT2D eigenvalue weighted by Crippen LogP contribution is 2.36. The molecule has 86 valence electrons. The molecule has 0 amide bonds. The predicted molar refractivity (Wildman–Crippen MR) is 61.7 cm³/mol. The van der Waals surface area contributed by atoms with Crippen LogP contribution in [0.15, 0.2) is 30.9 Å². The maximum absolute atomic E-state index is 9.43. The van der Waals surface area contributed by atoms with Crippen molar-refractivity contribution in [1.82, 2.24) is 0 Å². The van der Waals surface area contributed by atoms with Crippen molar-refractivity contribution in [3.05, 3.63) is 36.4 Å². The number of aliphatic hydroxyl groups is 1. The maximum Gasteiger partial charge on any atom is 0.136 e. The van der Waals surface area contributed by atoms with Crippen LogP contribution < -0.4 is 4.74 Å². The highest BCUT2D eigenvalue weighted by atomic mass is 16.5. The van der Waals surface area contributed by atoms with Crippen LogP contribution in [0.3, 0.4) is 0 Å². The standard InChI is InChI=1S/C13H16O3/c1-2-6-13(9-14)7-5-10-8-11(15)3-4-12(10)16-13/h2-4,8,14-15H,1,5-7,9H2/t13-/m1/s1. The van der Waals surface area contributed by atoms with E-state index in [9.17, 15) is 10.2 Å². The quantitative estimate of drug-likeness (QED) is 0.766. The number of hydrogen-bond acceptors (Lipinski definition) is 3. The fourth-order valence-electron chi connectivity index (χ4n) is 2.09. The summed E-state index contributed by atoms with van der Waals surface area (Å²) in [5, 5.41) is 18.8. The number of benzene rings is 1. The topological polar surface area (TPSA) is 49.7 Å². The van der Waals surface area contributed by atoms with Crippen molar-refractivity contribution >= 4 is 0 Å². The van der Waals surface area contributed by atoms with E-state index in [0.29, 0.717) is 6.42 Å². The lowest BCUT2D eigenvalue weighted by atomic mass is 9.89. The molecule has 0 spiro atoms. The molecule has 1 aliphatic heterocycles. The second kappa shape index (κ2) is 4.18. The Morgan fingerprint density at radius 1 is 1.50 bits per heavy atom. The number of phenolic OH excluding ortho intramolecular Hbond substituents is 1. The van der Waals surface area contributed by atoms with Gasteiger partial charge in [0.25, 0.3) is 0 Å². The Hall–Kier alpha value is -1.48. The van der Waals surface area contributed by atoms with Gasteiger partial charge in [0.15, 0.2) is 0 Å². The van der Waals surface area contributed by atoms with E-state index in [1.807, 2.05) is 0 Å². The molecule has 0 aliphatic carbocycles. The first kappa shape index (κ1) is 11.0. The molecule has 1 aromatic rings. The summed E-state index contributed by atoms with van der Waals surface area (Å²) in [6, 6.07) is 5.06. The van der Waals surface area contributed by atoms with Gasteiger partial charge < -0.3 is 14.9 Å². The number of hydrogen-bond donors (Lipinski definition) is 2. The smallest absolute Gasteiger partial charge is 0.136 e. The van der Waals surface area contributed by atoms with E-state index >= 15 is 0 Å². The Bertz CT molecular complexity index is 400. The predicted octanol–water partition coefficient (Wildman–Crippen LogP) is 2.02. The van der Waals surface area contributed by atoms with Crippen LogP contribution in [0.1, 0.15) is 18.4 Å². The summed E-state index contributed by atoms with van der Waals surface area (Å²) < 4.78 is 5.83. The molecule has 3 nitrogen and oxygen atoms in total. The van der Waals surface area contributed by atoms with Crippen LogP contribution in [-0.4, -0.2) is 22.4 Å². The van der Waals surface area contributed by atoms with Crippen molar-refractivity contribution in [3.8, 4) is 11.5 Å². The number of ether oxygens (including phenoxy) is 1. The number of fused-ring (bicyclic) bond motifs is 1. The molecule has 1 atom stereocenters. The fraction of sp³-hybridized carbons (Fsp3) is 0.385. The third kappa shape index (κ3) is 1.91. The van der Waals surface area contributed by atoms with Gasteiger partial charge in [-0.15, -0.1) is 6.58 Å². The average molecular weight is 220 g/mol. The lowest BCUT2D eigenvalue weighted by Gasteiger charge is -2.36. The summed E-state index contributed by atoms with van der Waals surface area (Å²) in [6.07, 6.45) is 3.94. The Morgan fingerprint density at radius 2 is 2.31 bits per heavy atom. The average Bonchev–Trinajstić information content (AvgIpc) is 2.30. The molecule has 0 unspecified atom stereocenters. The Balaban J connectivity index is 2.28. The molecule has 0 saturated heterocycles. The Labute approximate surface area is 95.0 Å². The highest BCUT2D eigenvalue weighted by Gasteiger charge is 2.34. The number of rotatable bonds is 3. The number of phenols is 1. The molecule has 0 saturated carbocycles. The van der Waals surface area contributed by atoms with Gasteiger partial charge in [-0.2, -0.15) is 0 Å². The Kier molecular flexibility index (Phi) is 2.88. The zero-order valence-electron chi connectivity index (χ0n) is 9.15. The molecule has 3 heteroatoms. The van der Waals surface area contributed by atoms with Crippen molar-refractivity contribution in [1.29, 1.82) is 0 Å². The minimum absolute atomic E-state index is 0.0145. The number of aryl methyl sites for hydroxylation is 1. The number of aliphatic hydroxyl groups excluding tert-OH is 1. The first-order valence-electron chi connectivity index (χ1n) is 5.42. The monoisotopic (exact) mass is 220 g/mol. The Morgan fingerprint density at radius 3 is 3.00 bits per heavy atom. The van der Waals surface area contributed by atoms with Crippen molar-refractivity contribution in [2.75, 3.05) is 6.61 Å². The summed E-state index contributed by atoms with van der Waals surface area (Å²) in [5.41, 5.74) is 0.458. The molecule has 16 heavy (non-hydrogen) atoms. The SMILES string of the molecule is C=CC[C@]1(CO)CCc2cc(O)ccc2O1. The lowest BCUT2D eigenvalue weighted by molar-refractivity contribution is -0.00523. The van der Waals surface area contributed by atoms with Gasteiger partial charge in [-0.1, -0.05) is 6.08 Å². The molecule has 2 rings (SSSR count). The lowest BCUT2D eigenvalue weighted by Crippen LogP contribution is -2.42. The van der Waals surface area contributed by atoms with Crippen LogP contribution in [0, 0.1) is 0 Å². The fourth-order valence-corrected chi connectivity index (χ4v) is 2.09. The first-order valence-corrected chi connectivity index (χ1v) is 5.42. The molecular formula is C13H16O3. The van der Waals surface area contributed by atoms with E-state index < -0.39 is 5.60 Å². The van der Waals surface area contributed by atoms with E-state index in [2.05, 4.69) is 6.58 Å². The van der Waals surface area contributed by atoms with E-state index in [1.54, 1.807) is 24.3 Å². The summed E-state index contributed by atoms with van der Waals surface area (Å²) >= 11 is 0. The van der Waals surface area contributed by atoms with Crippen molar-refractivity contribution in [3.63, 3.8) is 0 Å². The summed E-state index contributed by atoms with van der Waals surface area (Å²) in [7, 11) is 0. The maximum atomic E-state index is 9.43. The molecule has 0 aromatic heterocycles. The molecule has 0 bridgehead atoms. The summed E-state index contributed by atoms with van der Waals surface area (Å²) in [6.45, 7) is 3.67. The van der Waals surface area contributed by atoms with Gasteiger partial charge in [0, 0.05) is 6.42 Å². The third-order valence-electron chi connectivity index (χ3n) is 3.02. The van der Waals surface area contributed by atoms with E-state index in [-0.39, 0.29) is 12.4 Å². The summed E-state index contributed by atoms with van der Waals surface area (Å²) in [5.74, 6) is 1.00. The normalized spacial score (nSPS) is 23.3. The molecule has 1 aromatic carbocycles. The minimum Gasteiger partial charge on any atom is -0.508 e. The largest absolute Gasteiger partial charge is 0.508 e. The van der Waals surface area contributed by atoms with Gasteiger partial charge in [0.1, 0.15) is 17.1 Å².